The molecule has 0 nitrogen and oxygen atoms in total. The summed E-state index contributed by atoms with van der Waals surface area (Å²) in [5, 5.41) is 11.1. The van der Waals surface area contributed by atoms with Gasteiger partial charge in [-0.2, -0.15) is 0 Å². The predicted octanol–water partition coefficient (Wildman–Crippen LogP) is 12.5. The van der Waals surface area contributed by atoms with E-state index in [-0.39, 0.29) is 0 Å². The van der Waals surface area contributed by atoms with Gasteiger partial charge in [-0.25, -0.2) is 0 Å². The molecule has 0 N–H and O–H groups in total. The van der Waals surface area contributed by atoms with E-state index >= 15 is 0 Å². The van der Waals surface area contributed by atoms with Crippen molar-refractivity contribution in [2.75, 3.05) is 0 Å². The summed E-state index contributed by atoms with van der Waals surface area (Å²) in [5.74, 6) is 10.7. The first-order chi connectivity index (χ1) is 22.2. The van der Waals surface area contributed by atoms with E-state index < -0.39 is 18.4 Å². The van der Waals surface area contributed by atoms with Gasteiger partial charge in [0.1, 0.15) is 0 Å². The summed E-state index contributed by atoms with van der Waals surface area (Å²) in [5.41, 5.74) is 1.49. The van der Waals surface area contributed by atoms with Crippen molar-refractivity contribution in [1.82, 2.24) is 0 Å². The van der Waals surface area contributed by atoms with Crippen molar-refractivity contribution in [2.24, 2.45) is 0 Å². The van der Waals surface area contributed by atoms with Crippen molar-refractivity contribution in [3.05, 3.63) is 72.3 Å². The van der Waals surface area contributed by atoms with Crippen molar-refractivity contribution in [3.8, 4) is 29.6 Å². The first-order valence-corrected chi connectivity index (χ1v) is 24.1. The Morgan fingerprint density at radius 2 is 0.956 bits per heavy atom. The maximum absolute atomic E-state index is 3.81. The van der Waals surface area contributed by atoms with Gasteiger partial charge in [0, 0.05) is 0 Å². The Kier molecular flexibility index (Phi) is 12.5. The van der Waals surface area contributed by atoms with E-state index in [0.717, 1.165) is 30.1 Å². The van der Waals surface area contributed by atoms with Crippen LogP contribution < -0.4 is 0 Å². The average Bonchev–Trinajstić information content (AvgIpc) is 3.07. The van der Waals surface area contributed by atoms with Crippen molar-refractivity contribution < 1.29 is 0 Å². The number of fused-ring (bicyclic) bond motifs is 2. The summed E-state index contributed by atoms with van der Waals surface area (Å²) in [6, 6.07) is 25.2. The third kappa shape index (κ3) is 8.19. The minimum atomic E-state index is -3.16. The van der Waals surface area contributed by atoms with Crippen LogP contribution in [-0.2, 0) is 6.42 Å². The summed E-state index contributed by atoms with van der Waals surface area (Å²) < 4.78 is 12.6. The molecule has 0 fully saturated rings. The third-order valence-electron chi connectivity index (χ3n) is 9.24. The van der Waals surface area contributed by atoms with Gasteiger partial charge in [0.2, 0.25) is 0 Å². The SMILES string of the molecule is CCCCC#[C][Sn]([C]#CCCCC)([C]#CCCCC)[CH2]CCCCCc1ccc2c3cccc4cccc(c5cccc1c52)c43. The van der Waals surface area contributed by atoms with Gasteiger partial charge < -0.3 is 0 Å². The number of benzene rings is 5. The Balaban J connectivity index is 1.29. The fourth-order valence-corrected chi connectivity index (χ4v) is 14.2. The molecule has 0 atom stereocenters. The fourth-order valence-electron chi connectivity index (χ4n) is 6.70. The van der Waals surface area contributed by atoms with Crippen LogP contribution >= 0.6 is 0 Å². The van der Waals surface area contributed by atoms with Crippen molar-refractivity contribution >= 4 is 61.5 Å². The van der Waals surface area contributed by atoms with Crippen LogP contribution in [0.2, 0.25) is 4.44 Å². The van der Waals surface area contributed by atoms with Crippen LogP contribution in [0.5, 0.6) is 0 Å². The Labute approximate surface area is 277 Å². The molecular formula is C44H50Sn. The summed E-state index contributed by atoms with van der Waals surface area (Å²) in [6.07, 6.45) is 16.2. The molecule has 5 rings (SSSR count). The topological polar surface area (TPSA) is 0 Å². The molecular weight excluding hydrogens is 647 g/mol. The van der Waals surface area contributed by atoms with Crippen LogP contribution in [0.1, 0.15) is 110 Å². The zero-order valence-electron chi connectivity index (χ0n) is 28.0. The van der Waals surface area contributed by atoms with Crippen molar-refractivity contribution in [1.29, 1.82) is 0 Å². The molecule has 0 radical (unpaired) electrons. The Morgan fingerprint density at radius 1 is 0.467 bits per heavy atom. The molecule has 1 heteroatoms. The molecule has 0 saturated carbocycles. The summed E-state index contributed by atoms with van der Waals surface area (Å²) in [7, 11) is 0. The maximum atomic E-state index is 3.81. The average molecular weight is 698 g/mol. The number of hydrogen-bond acceptors (Lipinski definition) is 0. The first-order valence-electron chi connectivity index (χ1n) is 17.8. The van der Waals surface area contributed by atoms with Gasteiger partial charge in [0.25, 0.3) is 0 Å². The Hall–Kier alpha value is -3.12. The molecule has 0 unspecified atom stereocenters. The molecule has 0 aliphatic carbocycles. The van der Waals surface area contributed by atoms with Gasteiger partial charge in [0.05, 0.1) is 0 Å². The molecule has 0 aromatic heterocycles. The second-order valence-corrected chi connectivity index (χ2v) is 21.5. The van der Waals surface area contributed by atoms with E-state index in [0.29, 0.717) is 0 Å². The van der Waals surface area contributed by atoms with E-state index in [1.54, 1.807) is 0 Å². The summed E-state index contributed by atoms with van der Waals surface area (Å²) in [6.45, 7) is 6.74. The van der Waals surface area contributed by atoms with Crippen LogP contribution in [-0.4, -0.2) is 18.4 Å². The molecule has 5 aromatic carbocycles. The Morgan fingerprint density at radius 3 is 1.53 bits per heavy atom. The quantitative estimate of drug-likeness (QED) is 0.0378. The van der Waals surface area contributed by atoms with Gasteiger partial charge >= 0.3 is 249 Å². The van der Waals surface area contributed by atoms with Gasteiger partial charge in [0.15, 0.2) is 0 Å². The van der Waals surface area contributed by atoms with E-state index in [4.69, 9.17) is 0 Å². The van der Waals surface area contributed by atoms with E-state index in [9.17, 15) is 0 Å². The zero-order valence-corrected chi connectivity index (χ0v) is 30.8. The number of hydrogen-bond donors (Lipinski definition) is 0. The number of aryl methyl sites for hydroxylation is 1. The predicted molar refractivity (Wildman–Crippen MR) is 202 cm³/mol. The van der Waals surface area contributed by atoms with Crippen molar-refractivity contribution in [3.63, 3.8) is 0 Å². The van der Waals surface area contributed by atoms with Gasteiger partial charge in [-0.3, -0.25) is 0 Å². The molecule has 0 spiro atoms. The molecule has 45 heavy (non-hydrogen) atoms. The van der Waals surface area contributed by atoms with Gasteiger partial charge in [-0.05, 0) is 5.39 Å². The van der Waals surface area contributed by atoms with Gasteiger partial charge in [-0.15, -0.1) is 0 Å². The van der Waals surface area contributed by atoms with Crippen LogP contribution in [0, 0.1) is 29.6 Å². The second kappa shape index (κ2) is 17.0. The molecule has 5 aromatic rings. The van der Waals surface area contributed by atoms with Crippen LogP contribution in [0.15, 0.2) is 66.7 Å². The van der Waals surface area contributed by atoms with E-state index in [1.807, 2.05) is 0 Å². The van der Waals surface area contributed by atoms with Gasteiger partial charge in [-0.1, -0.05) is 24.3 Å². The first kappa shape index (κ1) is 33.2. The molecule has 0 bridgehead atoms. The normalized spacial score (nSPS) is 11.4. The van der Waals surface area contributed by atoms with Crippen LogP contribution in [0.3, 0.4) is 0 Å². The third-order valence-corrected chi connectivity index (χ3v) is 17.6. The molecule has 0 amide bonds. The number of unbranched alkanes of at least 4 members (excludes halogenated alkanes) is 9. The zero-order chi connectivity index (χ0) is 31.3. The Bertz CT molecular complexity index is 1780. The molecule has 0 saturated heterocycles. The molecule has 0 aliphatic heterocycles. The van der Waals surface area contributed by atoms with E-state index in [1.165, 1.54) is 113 Å². The summed E-state index contributed by atoms with van der Waals surface area (Å²) >= 11 is -3.16. The van der Waals surface area contributed by atoms with Crippen LogP contribution in [0.25, 0.3) is 43.1 Å². The minimum absolute atomic E-state index is 0.998. The summed E-state index contributed by atoms with van der Waals surface area (Å²) in [4.78, 5) is 0. The standard InChI is InChI=1S/C26H23.3C6H9.Sn/c1-2-3-4-5-9-18-16-17-24-22-14-7-11-19-10-6-13-21(25(19)22)23-15-8-12-20(18)26(23)24;3*1-3-5-6-4-2;/h6-8,10-17H,1-5,9H2;3*3,5-6H2,1H3;. The monoisotopic (exact) mass is 698 g/mol. The fraction of sp³-hybridized carbons (Fsp3) is 0.409. The van der Waals surface area contributed by atoms with Crippen LogP contribution in [0.4, 0.5) is 0 Å². The number of rotatable bonds is 13. The van der Waals surface area contributed by atoms with E-state index in [2.05, 4.69) is 117 Å². The molecule has 0 heterocycles. The molecule has 0 aliphatic rings. The second-order valence-electron chi connectivity index (χ2n) is 12.7. The molecule has 230 valence electrons. The van der Waals surface area contributed by atoms with Crippen molar-refractivity contribution in [2.45, 2.75) is 115 Å².